The lowest BCUT2D eigenvalue weighted by Gasteiger charge is -2.08. The molecular weight excluding hydrogens is 220 g/mol. The molecule has 0 rings (SSSR count). The molecule has 0 N–H and O–H groups in total. The zero-order valence-corrected chi connectivity index (χ0v) is 11.8. The van der Waals surface area contributed by atoms with Crippen molar-refractivity contribution in [1.29, 1.82) is 0 Å². The lowest BCUT2D eigenvalue weighted by Crippen LogP contribution is -1.93. The molecule has 0 amide bonds. The van der Waals surface area contributed by atoms with Gasteiger partial charge in [-0.05, 0) is 29.6 Å². The zero-order valence-electron chi connectivity index (χ0n) is 11.8. The molecule has 0 aromatic rings. The predicted octanol–water partition coefficient (Wildman–Crippen LogP) is 4.97. The van der Waals surface area contributed by atoms with Crippen LogP contribution in [0.2, 0.25) is 0 Å². The maximum Gasteiger partial charge on any atom is 0.111 e. The van der Waals surface area contributed by atoms with E-state index < -0.39 is 0 Å². The smallest absolute Gasteiger partial charge is 0.111 e. The molecule has 0 radical (unpaired) electrons. The quantitative estimate of drug-likeness (QED) is 0.432. The monoisotopic (exact) mass is 244 g/mol. The Bertz CT molecular complexity index is 394. The van der Waals surface area contributed by atoms with Crippen LogP contribution < -0.4 is 0 Å². The highest BCUT2D eigenvalue weighted by molar-refractivity contribution is 5.45. The third kappa shape index (κ3) is 6.09. The van der Waals surface area contributed by atoms with Gasteiger partial charge in [0.05, 0.1) is 7.11 Å². The molecule has 0 saturated carbocycles. The Morgan fingerprint density at radius 3 is 1.94 bits per heavy atom. The minimum absolute atomic E-state index is 0.492. The molecule has 0 aliphatic carbocycles. The third-order valence-electron chi connectivity index (χ3n) is 2.89. The van der Waals surface area contributed by atoms with Crippen LogP contribution in [0.15, 0.2) is 73.1 Å². The van der Waals surface area contributed by atoms with E-state index in [2.05, 4.69) is 40.2 Å². The average Bonchev–Trinajstić information content (AvgIpc) is 2.39. The fraction of sp³-hybridized carbons (Fsp3) is 0.294. The van der Waals surface area contributed by atoms with Gasteiger partial charge < -0.3 is 4.74 Å². The van der Waals surface area contributed by atoms with Crippen LogP contribution in [0.4, 0.5) is 0 Å². The van der Waals surface area contributed by atoms with Gasteiger partial charge in [-0.25, -0.2) is 0 Å². The number of hydrogen-bond donors (Lipinski definition) is 0. The van der Waals surface area contributed by atoms with Crippen molar-refractivity contribution in [3.05, 3.63) is 73.1 Å². The fourth-order valence-electron chi connectivity index (χ4n) is 1.11. The number of allylic oxidation sites excluding steroid dienone is 7. The van der Waals surface area contributed by atoms with Gasteiger partial charge in [0.1, 0.15) is 5.76 Å². The second-order valence-electron chi connectivity index (χ2n) is 4.27. The Morgan fingerprint density at radius 2 is 1.50 bits per heavy atom. The number of rotatable bonds is 8. The van der Waals surface area contributed by atoms with Crippen molar-refractivity contribution in [2.75, 3.05) is 7.11 Å². The lowest BCUT2D eigenvalue weighted by molar-refractivity contribution is 0.309. The van der Waals surface area contributed by atoms with E-state index in [9.17, 15) is 0 Å². The second-order valence-corrected chi connectivity index (χ2v) is 4.27. The highest BCUT2D eigenvalue weighted by Crippen LogP contribution is 2.16. The Hall–Kier alpha value is -1.76. The summed E-state index contributed by atoms with van der Waals surface area (Å²) in [5.41, 5.74) is 2.80. The van der Waals surface area contributed by atoms with Crippen molar-refractivity contribution < 1.29 is 4.74 Å². The van der Waals surface area contributed by atoms with Crippen LogP contribution in [0.1, 0.15) is 20.3 Å². The van der Waals surface area contributed by atoms with Crippen LogP contribution in [0.25, 0.3) is 0 Å². The summed E-state index contributed by atoms with van der Waals surface area (Å²) in [7, 11) is 1.58. The lowest BCUT2D eigenvalue weighted by atomic mass is 9.98. The maximum atomic E-state index is 4.94. The first-order valence-electron chi connectivity index (χ1n) is 6.08. The van der Waals surface area contributed by atoms with Crippen molar-refractivity contribution in [2.45, 2.75) is 20.3 Å². The van der Waals surface area contributed by atoms with Crippen LogP contribution >= 0.6 is 0 Å². The SMILES string of the molecule is C=C(/C=C\C(=C)C(=C)/C=C\C(=C)C(C)CC)OC. The molecule has 1 unspecified atom stereocenters. The van der Waals surface area contributed by atoms with Gasteiger partial charge in [-0.1, -0.05) is 64.0 Å². The molecule has 0 fully saturated rings. The summed E-state index contributed by atoms with van der Waals surface area (Å²) in [4.78, 5) is 0. The maximum absolute atomic E-state index is 4.94. The number of methoxy groups -OCH3 is 1. The molecule has 0 bridgehead atoms. The van der Waals surface area contributed by atoms with Crippen LogP contribution in [-0.2, 0) is 4.74 Å². The molecule has 0 spiro atoms. The Balaban J connectivity index is 4.46. The molecule has 0 heterocycles. The molecule has 1 heteroatoms. The van der Waals surface area contributed by atoms with E-state index >= 15 is 0 Å². The molecule has 0 aromatic heterocycles. The van der Waals surface area contributed by atoms with E-state index in [1.807, 2.05) is 18.2 Å². The largest absolute Gasteiger partial charge is 0.497 e. The summed E-state index contributed by atoms with van der Waals surface area (Å²) in [5.74, 6) is 1.09. The second kappa shape index (κ2) is 8.35. The Labute approximate surface area is 112 Å². The van der Waals surface area contributed by atoms with E-state index in [1.165, 1.54) is 0 Å². The molecule has 1 nitrogen and oxygen atoms in total. The van der Waals surface area contributed by atoms with Crippen LogP contribution in [0.5, 0.6) is 0 Å². The van der Waals surface area contributed by atoms with Crippen molar-refractivity contribution in [3.8, 4) is 0 Å². The summed E-state index contributed by atoms with van der Waals surface area (Å²) in [6, 6.07) is 0. The van der Waals surface area contributed by atoms with E-state index in [0.717, 1.165) is 23.1 Å². The number of ether oxygens (including phenoxy) is 1. The minimum atomic E-state index is 0.492. The summed E-state index contributed by atoms with van der Waals surface area (Å²) in [5, 5.41) is 0. The number of hydrogen-bond acceptors (Lipinski definition) is 1. The van der Waals surface area contributed by atoms with Gasteiger partial charge in [-0.15, -0.1) is 0 Å². The highest BCUT2D eigenvalue weighted by Gasteiger charge is 2.00. The van der Waals surface area contributed by atoms with Gasteiger partial charge in [0.15, 0.2) is 0 Å². The molecule has 18 heavy (non-hydrogen) atoms. The topological polar surface area (TPSA) is 9.23 Å². The average molecular weight is 244 g/mol. The highest BCUT2D eigenvalue weighted by atomic mass is 16.5. The Morgan fingerprint density at radius 1 is 1.00 bits per heavy atom. The predicted molar refractivity (Wildman–Crippen MR) is 81.3 cm³/mol. The van der Waals surface area contributed by atoms with Crippen molar-refractivity contribution in [1.82, 2.24) is 0 Å². The van der Waals surface area contributed by atoms with Crippen LogP contribution in [0, 0.1) is 5.92 Å². The van der Waals surface area contributed by atoms with Gasteiger partial charge in [0.2, 0.25) is 0 Å². The molecule has 0 aromatic carbocycles. The first kappa shape index (κ1) is 16.2. The molecule has 0 aliphatic rings. The van der Waals surface area contributed by atoms with Gasteiger partial charge in [0, 0.05) is 0 Å². The Kier molecular flexibility index (Phi) is 7.53. The summed E-state index contributed by atoms with van der Waals surface area (Å²) in [6.45, 7) is 20.0. The van der Waals surface area contributed by atoms with E-state index in [4.69, 9.17) is 4.74 Å². The summed E-state index contributed by atoms with van der Waals surface area (Å²) >= 11 is 0. The van der Waals surface area contributed by atoms with E-state index in [-0.39, 0.29) is 0 Å². The standard InChI is InChI=1S/C17H24O/c1-8-13(2)14(3)9-10-15(4)16(5)11-12-17(6)18-7/h9-13H,3-6,8H2,1-2,7H3/b10-9-,12-11-. The minimum Gasteiger partial charge on any atom is -0.497 e. The molecule has 98 valence electrons. The van der Waals surface area contributed by atoms with Gasteiger partial charge in [-0.2, -0.15) is 0 Å². The normalized spacial score (nSPS) is 12.6. The van der Waals surface area contributed by atoms with Crippen LogP contribution in [0.3, 0.4) is 0 Å². The van der Waals surface area contributed by atoms with Gasteiger partial charge >= 0.3 is 0 Å². The summed E-state index contributed by atoms with van der Waals surface area (Å²) < 4.78 is 4.94. The fourth-order valence-corrected chi connectivity index (χ4v) is 1.11. The molecule has 1 atom stereocenters. The van der Waals surface area contributed by atoms with Crippen molar-refractivity contribution in [2.24, 2.45) is 5.92 Å². The first-order chi connectivity index (χ1) is 8.42. The molecule has 0 saturated heterocycles. The van der Waals surface area contributed by atoms with Crippen molar-refractivity contribution >= 4 is 0 Å². The first-order valence-corrected chi connectivity index (χ1v) is 6.08. The third-order valence-corrected chi connectivity index (χ3v) is 2.89. The van der Waals surface area contributed by atoms with E-state index in [1.54, 1.807) is 13.2 Å². The van der Waals surface area contributed by atoms with Crippen molar-refractivity contribution in [3.63, 3.8) is 0 Å². The molecular formula is C17H24O. The summed E-state index contributed by atoms with van der Waals surface area (Å²) in [6.07, 6.45) is 8.64. The molecule has 0 aliphatic heterocycles. The van der Waals surface area contributed by atoms with Crippen LogP contribution in [-0.4, -0.2) is 7.11 Å². The zero-order chi connectivity index (χ0) is 14.1. The van der Waals surface area contributed by atoms with Gasteiger partial charge in [0.25, 0.3) is 0 Å². The van der Waals surface area contributed by atoms with Gasteiger partial charge in [-0.3, -0.25) is 0 Å². The van der Waals surface area contributed by atoms with E-state index in [0.29, 0.717) is 11.7 Å².